The molecule has 0 radical (unpaired) electrons. The Bertz CT molecular complexity index is 528. The zero-order valence-electron chi connectivity index (χ0n) is 14.2. The van der Waals surface area contributed by atoms with E-state index in [0.717, 1.165) is 25.7 Å². The maximum Gasteiger partial charge on any atom is 0.407 e. The minimum Gasteiger partial charge on any atom is -0.449 e. The van der Waals surface area contributed by atoms with Gasteiger partial charge in [0, 0.05) is 0 Å². The lowest BCUT2D eigenvalue weighted by molar-refractivity contribution is 0.106. The Morgan fingerprint density at radius 1 is 1.21 bits per heavy atom. The zero-order valence-corrected chi connectivity index (χ0v) is 14.2. The summed E-state index contributed by atoms with van der Waals surface area (Å²) in [6, 6.07) is 0.0830. The molecular formula is C17H28N4O3. The minimum absolute atomic E-state index is 0.00542. The summed E-state index contributed by atoms with van der Waals surface area (Å²) in [5, 5.41) is 20.2. The van der Waals surface area contributed by atoms with Crippen molar-refractivity contribution >= 4 is 6.09 Å². The molecule has 1 aromatic heterocycles. The van der Waals surface area contributed by atoms with E-state index in [4.69, 9.17) is 9.84 Å². The average Bonchev–Trinajstić information content (AvgIpc) is 3.10. The Hall–Kier alpha value is -1.63. The first-order valence-corrected chi connectivity index (χ1v) is 9.21. The van der Waals surface area contributed by atoms with Gasteiger partial charge >= 0.3 is 6.09 Å². The van der Waals surface area contributed by atoms with Crippen LogP contribution in [0.1, 0.15) is 69.5 Å². The predicted molar refractivity (Wildman–Crippen MR) is 88.3 cm³/mol. The van der Waals surface area contributed by atoms with Gasteiger partial charge in [-0.1, -0.05) is 37.3 Å². The highest BCUT2D eigenvalue weighted by Gasteiger charge is 2.29. The summed E-state index contributed by atoms with van der Waals surface area (Å²) in [4.78, 5) is 12.2. The van der Waals surface area contributed by atoms with Crippen molar-refractivity contribution in [1.29, 1.82) is 0 Å². The highest BCUT2D eigenvalue weighted by atomic mass is 16.5. The number of hydrogen-bond donors (Lipinski definition) is 2. The van der Waals surface area contributed by atoms with Gasteiger partial charge in [-0.3, -0.25) is 0 Å². The third-order valence-corrected chi connectivity index (χ3v) is 5.27. The third kappa shape index (κ3) is 4.47. The van der Waals surface area contributed by atoms with E-state index in [1.54, 1.807) is 10.9 Å². The molecule has 0 saturated heterocycles. The van der Waals surface area contributed by atoms with E-state index < -0.39 is 0 Å². The number of hydrogen-bond acceptors (Lipinski definition) is 5. The van der Waals surface area contributed by atoms with Crippen LogP contribution in [-0.2, 0) is 11.3 Å². The van der Waals surface area contributed by atoms with Gasteiger partial charge in [-0.05, 0) is 31.6 Å². The molecule has 24 heavy (non-hydrogen) atoms. The fraction of sp³-hybridized carbons (Fsp3) is 0.824. The van der Waals surface area contributed by atoms with Gasteiger partial charge in [0.25, 0.3) is 0 Å². The maximum absolute atomic E-state index is 12.2. The van der Waals surface area contributed by atoms with Crippen LogP contribution in [0.4, 0.5) is 4.79 Å². The van der Waals surface area contributed by atoms with E-state index in [9.17, 15) is 4.79 Å². The molecule has 1 heterocycles. The summed E-state index contributed by atoms with van der Waals surface area (Å²) in [5.74, 6) is 0.522. The highest BCUT2D eigenvalue weighted by Crippen LogP contribution is 2.28. The van der Waals surface area contributed by atoms with Crippen LogP contribution in [0.15, 0.2) is 6.20 Å². The highest BCUT2D eigenvalue weighted by molar-refractivity contribution is 5.67. The van der Waals surface area contributed by atoms with E-state index in [0.29, 0.717) is 18.2 Å². The first-order valence-electron chi connectivity index (χ1n) is 9.21. The van der Waals surface area contributed by atoms with Crippen LogP contribution in [-0.4, -0.2) is 38.8 Å². The third-order valence-electron chi connectivity index (χ3n) is 5.27. The van der Waals surface area contributed by atoms with Crippen LogP contribution < -0.4 is 5.32 Å². The Balaban J connectivity index is 1.52. The zero-order chi connectivity index (χ0) is 16.8. The molecule has 0 unspecified atom stereocenters. The monoisotopic (exact) mass is 336 g/mol. The molecule has 1 aromatic rings. The SMILES string of the molecule is O=C(N[C@H]1CCCC[C@H]1n1cc(CO)nn1)OCC1CCCCC1. The van der Waals surface area contributed by atoms with Crippen LogP contribution in [0.3, 0.4) is 0 Å². The van der Waals surface area contributed by atoms with Crippen molar-refractivity contribution < 1.29 is 14.6 Å². The van der Waals surface area contributed by atoms with Gasteiger partial charge in [0.1, 0.15) is 5.69 Å². The number of aliphatic hydroxyl groups is 1. The summed E-state index contributed by atoms with van der Waals surface area (Å²) in [7, 11) is 0. The number of carbonyl (C=O) groups excluding carboxylic acids is 1. The molecule has 0 spiro atoms. The molecule has 2 fully saturated rings. The normalized spacial score (nSPS) is 25.4. The molecular weight excluding hydrogens is 308 g/mol. The summed E-state index contributed by atoms with van der Waals surface area (Å²) in [6.45, 7) is 0.412. The van der Waals surface area contributed by atoms with Crippen molar-refractivity contribution in [3.05, 3.63) is 11.9 Å². The molecule has 2 saturated carbocycles. The quantitative estimate of drug-likeness (QED) is 0.862. The lowest BCUT2D eigenvalue weighted by Gasteiger charge is -2.31. The van der Waals surface area contributed by atoms with Crippen molar-refractivity contribution in [2.45, 2.75) is 76.5 Å². The number of nitrogens with one attached hydrogen (secondary N) is 1. The molecule has 0 aromatic carbocycles. The van der Waals surface area contributed by atoms with Gasteiger partial charge in [-0.2, -0.15) is 0 Å². The largest absolute Gasteiger partial charge is 0.449 e. The van der Waals surface area contributed by atoms with Crippen LogP contribution >= 0.6 is 0 Å². The topological polar surface area (TPSA) is 89.3 Å². The van der Waals surface area contributed by atoms with Gasteiger partial charge in [-0.15, -0.1) is 5.10 Å². The molecule has 3 rings (SSSR count). The molecule has 7 nitrogen and oxygen atoms in total. The van der Waals surface area contributed by atoms with E-state index in [1.165, 1.54) is 32.1 Å². The number of aromatic nitrogens is 3. The van der Waals surface area contributed by atoms with Crippen molar-refractivity contribution in [3.63, 3.8) is 0 Å². The van der Waals surface area contributed by atoms with E-state index >= 15 is 0 Å². The number of ether oxygens (including phenoxy) is 1. The average molecular weight is 336 g/mol. The summed E-state index contributed by atoms with van der Waals surface area (Å²) >= 11 is 0. The first kappa shape index (κ1) is 17.2. The predicted octanol–water partition coefficient (Wildman–Crippen LogP) is 2.56. The number of rotatable bonds is 5. The Kier molecular flexibility index (Phi) is 6.07. The molecule has 2 aliphatic carbocycles. The van der Waals surface area contributed by atoms with Crippen LogP contribution in [0.5, 0.6) is 0 Å². The fourth-order valence-electron chi connectivity index (χ4n) is 3.88. The summed E-state index contributed by atoms with van der Waals surface area (Å²) in [5.41, 5.74) is 0.555. The number of carbonyl (C=O) groups is 1. The van der Waals surface area contributed by atoms with Crippen molar-refractivity contribution in [2.75, 3.05) is 6.61 Å². The molecule has 1 amide bonds. The number of alkyl carbamates (subject to hydrolysis) is 1. The second-order valence-corrected chi connectivity index (χ2v) is 7.05. The molecule has 134 valence electrons. The minimum atomic E-state index is -0.319. The molecule has 2 aliphatic rings. The van der Waals surface area contributed by atoms with Crippen molar-refractivity contribution in [3.8, 4) is 0 Å². The first-order chi connectivity index (χ1) is 11.8. The second kappa shape index (κ2) is 8.46. The summed E-state index contributed by atoms with van der Waals surface area (Å²) in [6.07, 6.45) is 11.6. The van der Waals surface area contributed by atoms with E-state index in [-0.39, 0.29) is 24.8 Å². The Labute approximate surface area is 142 Å². The fourth-order valence-corrected chi connectivity index (χ4v) is 3.88. The van der Waals surface area contributed by atoms with Crippen molar-refractivity contribution in [2.24, 2.45) is 5.92 Å². The summed E-state index contributed by atoms with van der Waals surface area (Å²) < 4.78 is 7.23. The van der Waals surface area contributed by atoms with Gasteiger partial charge < -0.3 is 15.2 Å². The van der Waals surface area contributed by atoms with Crippen LogP contribution in [0.25, 0.3) is 0 Å². The molecule has 0 aliphatic heterocycles. The van der Waals surface area contributed by atoms with Gasteiger partial charge in [-0.25, -0.2) is 9.48 Å². The molecule has 2 N–H and O–H groups in total. The van der Waals surface area contributed by atoms with Crippen LogP contribution in [0.2, 0.25) is 0 Å². The lowest BCUT2D eigenvalue weighted by Crippen LogP contribution is -2.43. The van der Waals surface area contributed by atoms with Crippen molar-refractivity contribution in [1.82, 2.24) is 20.3 Å². The molecule has 2 atom stereocenters. The second-order valence-electron chi connectivity index (χ2n) is 7.05. The van der Waals surface area contributed by atoms with E-state index in [1.807, 2.05) is 0 Å². The molecule has 7 heteroatoms. The van der Waals surface area contributed by atoms with Gasteiger partial charge in [0.15, 0.2) is 0 Å². The number of nitrogens with zero attached hydrogens (tertiary/aromatic N) is 3. The van der Waals surface area contributed by atoms with Crippen LogP contribution in [0, 0.1) is 5.92 Å². The molecule has 0 bridgehead atoms. The standard InChI is InChI=1S/C17H28N4O3/c22-11-14-10-21(20-19-14)16-9-5-4-8-15(16)18-17(23)24-12-13-6-2-1-3-7-13/h10,13,15-16,22H,1-9,11-12H2,(H,18,23)/t15-,16+/m0/s1. The van der Waals surface area contributed by atoms with E-state index in [2.05, 4.69) is 15.6 Å². The Morgan fingerprint density at radius 2 is 1.96 bits per heavy atom. The van der Waals surface area contributed by atoms with Gasteiger partial charge in [0.05, 0.1) is 31.5 Å². The van der Waals surface area contributed by atoms with Gasteiger partial charge in [0.2, 0.25) is 0 Å². The lowest BCUT2D eigenvalue weighted by atomic mass is 9.90. The smallest absolute Gasteiger partial charge is 0.407 e. The number of aliphatic hydroxyl groups excluding tert-OH is 1. The number of amides is 1. The Morgan fingerprint density at radius 3 is 2.71 bits per heavy atom. The maximum atomic E-state index is 12.2.